The zero-order valence-electron chi connectivity index (χ0n) is 8.42. The highest BCUT2D eigenvalue weighted by Crippen LogP contribution is 2.21. The van der Waals surface area contributed by atoms with Crippen molar-refractivity contribution in [3.05, 3.63) is 17.3 Å². The van der Waals surface area contributed by atoms with E-state index in [2.05, 4.69) is 9.97 Å². The van der Waals surface area contributed by atoms with E-state index >= 15 is 0 Å². The zero-order valence-corrected chi connectivity index (χ0v) is 9.17. The average molecular weight is 230 g/mol. The molecule has 0 aromatic carbocycles. The molecule has 0 radical (unpaired) electrons. The molecule has 1 aromatic rings. The highest BCUT2D eigenvalue weighted by Gasteiger charge is 2.15. The number of rotatable bonds is 1. The summed E-state index contributed by atoms with van der Waals surface area (Å²) in [5.41, 5.74) is 0. The van der Waals surface area contributed by atoms with Crippen LogP contribution in [0.15, 0.2) is 6.20 Å². The van der Waals surface area contributed by atoms with Crippen LogP contribution < -0.4 is 4.90 Å². The maximum absolute atomic E-state index is 13.5. The Morgan fingerprint density at radius 1 is 1.20 bits per heavy atom. The van der Waals surface area contributed by atoms with Gasteiger partial charge in [-0.05, 0) is 24.4 Å². The van der Waals surface area contributed by atoms with Gasteiger partial charge in [0.1, 0.15) is 0 Å². The fraction of sp³-hybridized carbons (Fsp3) is 0.600. The van der Waals surface area contributed by atoms with Gasteiger partial charge in [0.05, 0.1) is 6.20 Å². The summed E-state index contributed by atoms with van der Waals surface area (Å²) in [5, 5.41) is 0.107. The highest BCUT2D eigenvalue weighted by molar-refractivity contribution is 6.28. The molecule has 3 nitrogen and oxygen atoms in total. The Kier molecular flexibility index (Phi) is 3.36. The Labute approximate surface area is 93.3 Å². The second-order valence-electron chi connectivity index (χ2n) is 3.71. The van der Waals surface area contributed by atoms with E-state index in [0.29, 0.717) is 5.82 Å². The minimum absolute atomic E-state index is 0.107. The lowest BCUT2D eigenvalue weighted by molar-refractivity contribution is 0.601. The van der Waals surface area contributed by atoms with Crippen LogP contribution in [0.25, 0.3) is 0 Å². The molecular weight excluding hydrogens is 217 g/mol. The topological polar surface area (TPSA) is 29.0 Å². The molecule has 15 heavy (non-hydrogen) atoms. The molecule has 82 valence electrons. The monoisotopic (exact) mass is 229 g/mol. The summed E-state index contributed by atoms with van der Waals surface area (Å²) in [5.74, 6) is -0.0433. The molecule has 2 rings (SSSR count). The molecule has 0 bridgehead atoms. The van der Waals surface area contributed by atoms with E-state index in [9.17, 15) is 4.39 Å². The van der Waals surface area contributed by atoms with Gasteiger partial charge in [0.25, 0.3) is 0 Å². The first-order valence-corrected chi connectivity index (χ1v) is 5.58. The molecule has 1 aliphatic heterocycles. The van der Waals surface area contributed by atoms with Crippen molar-refractivity contribution in [3.8, 4) is 0 Å². The summed E-state index contributed by atoms with van der Waals surface area (Å²) in [6.07, 6.45) is 5.71. The number of halogens is 2. The first-order valence-electron chi connectivity index (χ1n) is 5.20. The van der Waals surface area contributed by atoms with Gasteiger partial charge in [-0.25, -0.2) is 9.37 Å². The predicted octanol–water partition coefficient (Wildman–Crippen LogP) is 2.65. The van der Waals surface area contributed by atoms with E-state index in [0.717, 1.165) is 32.1 Å². The molecular formula is C10H13ClFN3. The van der Waals surface area contributed by atoms with Gasteiger partial charge in [-0.1, -0.05) is 12.8 Å². The third kappa shape index (κ3) is 2.56. The number of hydrogen-bond acceptors (Lipinski definition) is 3. The van der Waals surface area contributed by atoms with Crippen LogP contribution in [-0.4, -0.2) is 23.1 Å². The minimum atomic E-state index is -0.388. The Hall–Kier alpha value is -0.900. The van der Waals surface area contributed by atoms with Gasteiger partial charge in [0.2, 0.25) is 5.28 Å². The van der Waals surface area contributed by atoms with Crippen LogP contribution >= 0.6 is 11.6 Å². The largest absolute Gasteiger partial charge is 0.354 e. The van der Waals surface area contributed by atoms with Crippen LogP contribution in [0.5, 0.6) is 0 Å². The lowest BCUT2D eigenvalue weighted by Crippen LogP contribution is -2.26. The summed E-state index contributed by atoms with van der Waals surface area (Å²) in [6, 6.07) is 0. The number of anilines is 1. The molecule has 2 heterocycles. The fourth-order valence-corrected chi connectivity index (χ4v) is 1.97. The van der Waals surface area contributed by atoms with Crippen molar-refractivity contribution in [2.24, 2.45) is 0 Å². The minimum Gasteiger partial charge on any atom is -0.354 e. The predicted molar refractivity (Wildman–Crippen MR) is 57.7 cm³/mol. The van der Waals surface area contributed by atoms with Gasteiger partial charge in [-0.15, -0.1) is 0 Å². The van der Waals surface area contributed by atoms with Crippen LogP contribution in [-0.2, 0) is 0 Å². The van der Waals surface area contributed by atoms with Gasteiger partial charge >= 0.3 is 0 Å². The third-order valence-electron chi connectivity index (χ3n) is 2.60. The molecule has 0 amide bonds. The number of hydrogen-bond donors (Lipinski definition) is 0. The first-order chi connectivity index (χ1) is 7.27. The van der Waals surface area contributed by atoms with Crippen LogP contribution in [0.2, 0.25) is 5.28 Å². The van der Waals surface area contributed by atoms with E-state index in [1.807, 2.05) is 4.90 Å². The lowest BCUT2D eigenvalue weighted by atomic mass is 10.2. The van der Waals surface area contributed by atoms with Gasteiger partial charge in [-0.2, -0.15) is 4.98 Å². The lowest BCUT2D eigenvalue weighted by Gasteiger charge is -2.21. The molecule has 1 saturated heterocycles. The Balaban J connectivity index is 2.22. The summed E-state index contributed by atoms with van der Waals surface area (Å²) in [4.78, 5) is 9.51. The molecule has 0 saturated carbocycles. The Morgan fingerprint density at radius 3 is 2.53 bits per heavy atom. The van der Waals surface area contributed by atoms with Crippen LogP contribution in [0, 0.1) is 5.82 Å². The van der Waals surface area contributed by atoms with Crippen molar-refractivity contribution in [2.45, 2.75) is 25.7 Å². The van der Waals surface area contributed by atoms with Crippen LogP contribution in [0.1, 0.15) is 25.7 Å². The maximum atomic E-state index is 13.5. The van der Waals surface area contributed by atoms with Crippen molar-refractivity contribution in [3.63, 3.8) is 0 Å². The smallest absolute Gasteiger partial charge is 0.224 e. The fourth-order valence-electron chi connectivity index (χ4n) is 1.84. The number of nitrogens with zero attached hydrogens (tertiary/aromatic N) is 3. The molecule has 1 aromatic heterocycles. The van der Waals surface area contributed by atoms with E-state index < -0.39 is 0 Å². The van der Waals surface area contributed by atoms with E-state index in [-0.39, 0.29) is 11.1 Å². The van der Waals surface area contributed by atoms with E-state index in [4.69, 9.17) is 11.6 Å². The summed E-state index contributed by atoms with van der Waals surface area (Å²) in [7, 11) is 0. The van der Waals surface area contributed by atoms with Gasteiger partial charge < -0.3 is 4.90 Å². The van der Waals surface area contributed by atoms with Crippen molar-refractivity contribution in [1.29, 1.82) is 0 Å². The van der Waals surface area contributed by atoms with Gasteiger partial charge in [0.15, 0.2) is 11.6 Å². The maximum Gasteiger partial charge on any atom is 0.224 e. The molecule has 0 unspecified atom stereocenters. The molecule has 0 atom stereocenters. The highest BCUT2D eigenvalue weighted by atomic mass is 35.5. The quantitative estimate of drug-likeness (QED) is 0.694. The molecule has 0 spiro atoms. The second kappa shape index (κ2) is 4.75. The van der Waals surface area contributed by atoms with Crippen molar-refractivity contribution < 1.29 is 4.39 Å². The van der Waals surface area contributed by atoms with Crippen LogP contribution in [0.3, 0.4) is 0 Å². The second-order valence-corrected chi connectivity index (χ2v) is 4.05. The molecule has 5 heteroatoms. The van der Waals surface area contributed by atoms with Crippen molar-refractivity contribution in [1.82, 2.24) is 9.97 Å². The summed E-state index contributed by atoms with van der Waals surface area (Å²) in [6.45, 7) is 1.70. The van der Waals surface area contributed by atoms with Crippen molar-refractivity contribution in [2.75, 3.05) is 18.0 Å². The van der Waals surface area contributed by atoms with Gasteiger partial charge in [-0.3, -0.25) is 0 Å². The standard InChI is InChI=1S/C10H13ClFN3/c11-10-13-7-8(12)9(14-10)15-5-3-1-2-4-6-15/h7H,1-6H2. The average Bonchev–Trinajstić information content (AvgIpc) is 2.50. The molecule has 0 N–H and O–H groups in total. The van der Waals surface area contributed by atoms with Gasteiger partial charge in [0, 0.05) is 13.1 Å². The molecule has 0 aliphatic carbocycles. The Morgan fingerprint density at radius 2 is 1.87 bits per heavy atom. The third-order valence-corrected chi connectivity index (χ3v) is 2.78. The molecule has 1 fully saturated rings. The first kappa shape index (κ1) is 10.6. The summed E-state index contributed by atoms with van der Waals surface area (Å²) >= 11 is 5.66. The normalized spacial score (nSPS) is 17.6. The molecule has 1 aliphatic rings. The van der Waals surface area contributed by atoms with Crippen molar-refractivity contribution >= 4 is 17.4 Å². The SMILES string of the molecule is Fc1cnc(Cl)nc1N1CCCCCC1. The number of aromatic nitrogens is 2. The van der Waals surface area contributed by atoms with E-state index in [1.54, 1.807) is 0 Å². The van der Waals surface area contributed by atoms with E-state index in [1.165, 1.54) is 12.8 Å². The summed E-state index contributed by atoms with van der Waals surface area (Å²) < 4.78 is 13.5. The zero-order chi connectivity index (χ0) is 10.7. The van der Waals surface area contributed by atoms with Crippen LogP contribution in [0.4, 0.5) is 10.2 Å². The Bertz CT molecular complexity index is 337.